The number of nitrogens with zero attached hydrogens (tertiary/aromatic N) is 2. The van der Waals surface area contributed by atoms with Gasteiger partial charge in [0.15, 0.2) is 0 Å². The van der Waals surface area contributed by atoms with E-state index in [1.165, 1.54) is 0 Å². The Hall–Kier alpha value is -3.48. The van der Waals surface area contributed by atoms with Crippen LogP contribution in [0.5, 0.6) is 0 Å². The molecule has 2 N–H and O–H groups in total. The molecule has 7 heteroatoms. The topological polar surface area (TPSA) is 82.0 Å². The van der Waals surface area contributed by atoms with Crippen molar-refractivity contribution < 1.29 is 14.7 Å². The molecule has 3 aromatic carbocycles. The number of anilines is 1. The standard InChI is InChI=1S/C27H26ClN3O3/c1-31(2)12-11-17-5-4-8-21(14-17)29-26(19-7-3-6-18(13-19)15-24(32)33)25-22-10-9-20(28)16-23(22)30-27(25)34/h3-10,13-14,16,25H,11-12,15H2,1-2H3,(H,30,34)(H,32,33). The number of aliphatic carboxylic acids is 1. The number of halogens is 1. The maximum absolute atomic E-state index is 13.1. The van der Waals surface area contributed by atoms with Gasteiger partial charge >= 0.3 is 5.97 Å². The van der Waals surface area contributed by atoms with Gasteiger partial charge in [0, 0.05) is 17.3 Å². The van der Waals surface area contributed by atoms with E-state index < -0.39 is 11.9 Å². The highest BCUT2D eigenvalue weighted by Crippen LogP contribution is 2.38. The third-order valence-electron chi connectivity index (χ3n) is 5.71. The third-order valence-corrected chi connectivity index (χ3v) is 5.94. The summed E-state index contributed by atoms with van der Waals surface area (Å²) in [5.41, 5.74) is 5.27. The maximum Gasteiger partial charge on any atom is 0.307 e. The van der Waals surface area contributed by atoms with Crippen molar-refractivity contribution in [3.05, 3.63) is 94.0 Å². The van der Waals surface area contributed by atoms with E-state index in [9.17, 15) is 14.7 Å². The van der Waals surface area contributed by atoms with Crippen molar-refractivity contribution in [2.24, 2.45) is 4.99 Å². The number of carbonyl (C=O) groups excluding carboxylic acids is 1. The minimum absolute atomic E-state index is 0.107. The highest BCUT2D eigenvalue weighted by atomic mass is 35.5. The first-order valence-electron chi connectivity index (χ1n) is 11.0. The number of nitrogens with one attached hydrogen (secondary N) is 1. The molecule has 0 aliphatic carbocycles. The zero-order valence-corrected chi connectivity index (χ0v) is 19.8. The Morgan fingerprint density at radius 3 is 2.59 bits per heavy atom. The lowest BCUT2D eigenvalue weighted by molar-refractivity contribution is -0.136. The van der Waals surface area contributed by atoms with Crippen molar-refractivity contribution in [2.75, 3.05) is 26.0 Å². The number of likely N-dealkylation sites (N-methyl/N-ethyl adjacent to an activating group) is 1. The molecule has 1 amide bonds. The number of carboxylic acids is 1. The van der Waals surface area contributed by atoms with E-state index in [-0.39, 0.29) is 12.3 Å². The fourth-order valence-corrected chi connectivity index (χ4v) is 4.26. The van der Waals surface area contributed by atoms with E-state index in [2.05, 4.69) is 16.3 Å². The molecule has 6 nitrogen and oxygen atoms in total. The first-order valence-corrected chi connectivity index (χ1v) is 11.4. The molecule has 3 aromatic rings. The molecule has 1 heterocycles. The largest absolute Gasteiger partial charge is 0.481 e. The molecule has 34 heavy (non-hydrogen) atoms. The first-order chi connectivity index (χ1) is 16.3. The second-order valence-corrected chi connectivity index (χ2v) is 9.08. The Labute approximate surface area is 203 Å². The molecule has 0 saturated carbocycles. The van der Waals surface area contributed by atoms with Crippen molar-refractivity contribution in [1.29, 1.82) is 0 Å². The normalized spacial score (nSPS) is 15.4. The van der Waals surface area contributed by atoms with Gasteiger partial charge in [0.1, 0.15) is 5.92 Å². The van der Waals surface area contributed by atoms with Crippen LogP contribution >= 0.6 is 11.6 Å². The Morgan fingerprint density at radius 1 is 1.06 bits per heavy atom. The molecule has 0 saturated heterocycles. The Balaban J connectivity index is 1.81. The molecule has 1 aliphatic heterocycles. The van der Waals surface area contributed by atoms with Crippen LogP contribution in [-0.2, 0) is 22.4 Å². The van der Waals surface area contributed by atoms with E-state index in [1.807, 2.05) is 44.4 Å². The maximum atomic E-state index is 13.1. The zero-order chi connectivity index (χ0) is 24.2. The number of fused-ring (bicyclic) bond motifs is 1. The van der Waals surface area contributed by atoms with Crippen LogP contribution in [0.3, 0.4) is 0 Å². The fraction of sp³-hybridized carbons (Fsp3) is 0.222. The number of aliphatic imine (C=N–C) groups is 1. The minimum atomic E-state index is -0.914. The molecular formula is C27H26ClN3O3. The van der Waals surface area contributed by atoms with E-state index in [0.717, 1.165) is 29.8 Å². The fourth-order valence-electron chi connectivity index (χ4n) is 4.09. The van der Waals surface area contributed by atoms with Crippen LogP contribution in [-0.4, -0.2) is 48.2 Å². The molecule has 1 unspecified atom stereocenters. The van der Waals surface area contributed by atoms with Crippen LogP contribution in [0.4, 0.5) is 11.4 Å². The van der Waals surface area contributed by atoms with Gasteiger partial charge in [0.05, 0.1) is 17.8 Å². The molecule has 1 atom stereocenters. The van der Waals surface area contributed by atoms with Crippen LogP contribution in [0, 0.1) is 0 Å². The predicted octanol–water partition coefficient (Wildman–Crippen LogP) is 4.93. The van der Waals surface area contributed by atoms with Gasteiger partial charge in [-0.2, -0.15) is 0 Å². The summed E-state index contributed by atoms with van der Waals surface area (Å²) < 4.78 is 0. The molecule has 4 rings (SSSR count). The molecule has 0 radical (unpaired) electrons. The molecule has 174 valence electrons. The summed E-state index contributed by atoms with van der Waals surface area (Å²) in [5.74, 6) is -1.75. The van der Waals surface area contributed by atoms with Crippen LogP contribution in [0.15, 0.2) is 71.7 Å². The molecule has 0 bridgehead atoms. The number of amides is 1. The summed E-state index contributed by atoms with van der Waals surface area (Å²) >= 11 is 6.14. The van der Waals surface area contributed by atoms with Gasteiger partial charge in [-0.15, -0.1) is 0 Å². The van der Waals surface area contributed by atoms with Crippen molar-refractivity contribution >= 4 is 40.6 Å². The minimum Gasteiger partial charge on any atom is -0.481 e. The van der Waals surface area contributed by atoms with Gasteiger partial charge in [-0.1, -0.05) is 48.0 Å². The quantitative estimate of drug-likeness (QED) is 0.453. The van der Waals surface area contributed by atoms with Gasteiger partial charge in [0.25, 0.3) is 0 Å². The summed E-state index contributed by atoms with van der Waals surface area (Å²) in [7, 11) is 4.07. The number of carboxylic acid groups (broad SMARTS) is 1. The van der Waals surface area contributed by atoms with E-state index in [0.29, 0.717) is 27.5 Å². The predicted molar refractivity (Wildman–Crippen MR) is 136 cm³/mol. The van der Waals surface area contributed by atoms with E-state index >= 15 is 0 Å². The smallest absolute Gasteiger partial charge is 0.307 e. The van der Waals surface area contributed by atoms with Crippen molar-refractivity contribution in [3.8, 4) is 0 Å². The average molecular weight is 476 g/mol. The summed E-state index contributed by atoms with van der Waals surface area (Å²) in [6.07, 6.45) is 0.773. The monoisotopic (exact) mass is 475 g/mol. The van der Waals surface area contributed by atoms with Crippen molar-refractivity contribution in [2.45, 2.75) is 18.8 Å². The Bertz CT molecular complexity index is 1270. The zero-order valence-electron chi connectivity index (χ0n) is 19.1. The van der Waals surface area contributed by atoms with Gasteiger partial charge in [-0.05, 0) is 73.1 Å². The van der Waals surface area contributed by atoms with Crippen LogP contribution < -0.4 is 5.32 Å². The van der Waals surface area contributed by atoms with Crippen molar-refractivity contribution in [1.82, 2.24) is 4.90 Å². The number of carbonyl (C=O) groups is 2. The average Bonchev–Trinajstić information content (AvgIpc) is 3.10. The molecular weight excluding hydrogens is 450 g/mol. The van der Waals surface area contributed by atoms with E-state index in [1.54, 1.807) is 30.3 Å². The summed E-state index contributed by atoms with van der Waals surface area (Å²) in [4.78, 5) is 31.5. The van der Waals surface area contributed by atoms with Gasteiger partial charge in [-0.3, -0.25) is 14.6 Å². The van der Waals surface area contributed by atoms with E-state index in [4.69, 9.17) is 16.6 Å². The van der Waals surface area contributed by atoms with Crippen LogP contribution in [0.2, 0.25) is 5.02 Å². The SMILES string of the molecule is CN(C)CCc1cccc(N=C(c2cccc(CC(=O)O)c2)C2C(=O)Nc3cc(Cl)ccc32)c1. The number of benzene rings is 3. The molecule has 0 aromatic heterocycles. The Kier molecular flexibility index (Phi) is 7.10. The second kappa shape index (κ2) is 10.2. The van der Waals surface area contributed by atoms with Crippen LogP contribution in [0.25, 0.3) is 0 Å². The highest BCUT2D eigenvalue weighted by Gasteiger charge is 2.35. The summed E-state index contributed by atoms with van der Waals surface area (Å²) in [5, 5.41) is 12.7. The second-order valence-electron chi connectivity index (χ2n) is 8.64. The first kappa shape index (κ1) is 23.7. The van der Waals surface area contributed by atoms with Crippen LogP contribution in [0.1, 0.15) is 28.2 Å². The van der Waals surface area contributed by atoms with Gasteiger partial charge < -0.3 is 15.3 Å². The van der Waals surface area contributed by atoms with Gasteiger partial charge in [-0.25, -0.2) is 0 Å². The lowest BCUT2D eigenvalue weighted by Gasteiger charge is -2.15. The molecule has 1 aliphatic rings. The molecule has 0 spiro atoms. The molecule has 0 fully saturated rings. The van der Waals surface area contributed by atoms with Crippen molar-refractivity contribution in [3.63, 3.8) is 0 Å². The number of hydrogen-bond acceptors (Lipinski definition) is 4. The summed E-state index contributed by atoms with van der Waals surface area (Å²) in [6.45, 7) is 0.913. The lowest BCUT2D eigenvalue weighted by atomic mass is 9.89. The number of hydrogen-bond donors (Lipinski definition) is 2. The third kappa shape index (κ3) is 5.53. The summed E-state index contributed by atoms with van der Waals surface area (Å²) in [6, 6.07) is 20.5. The Morgan fingerprint density at radius 2 is 1.82 bits per heavy atom. The number of rotatable bonds is 8. The lowest BCUT2D eigenvalue weighted by Crippen LogP contribution is -2.22. The highest BCUT2D eigenvalue weighted by molar-refractivity contribution is 6.31. The van der Waals surface area contributed by atoms with Gasteiger partial charge in [0.2, 0.25) is 5.91 Å².